The van der Waals surface area contributed by atoms with Crippen LogP contribution < -0.4 is 0 Å². The Hall–Kier alpha value is -2.83. The zero-order chi connectivity index (χ0) is 19.4. The lowest BCUT2D eigenvalue weighted by atomic mass is 9.91. The maximum atomic E-state index is 14.7. The highest BCUT2D eigenvalue weighted by Gasteiger charge is 2.31. The van der Waals surface area contributed by atoms with E-state index in [4.69, 9.17) is 9.47 Å². The van der Waals surface area contributed by atoms with E-state index >= 15 is 0 Å². The van der Waals surface area contributed by atoms with Crippen LogP contribution in [-0.2, 0) is 9.47 Å². The number of benzene rings is 1. The number of carbonyl (C=O) groups excluding carboxylic acids is 2. The molecule has 26 heavy (non-hydrogen) atoms. The molecule has 0 unspecified atom stereocenters. The largest absolute Gasteiger partial charge is 0.465 e. The lowest BCUT2D eigenvalue weighted by Crippen LogP contribution is -2.19. The van der Waals surface area contributed by atoms with Crippen molar-refractivity contribution in [1.29, 1.82) is 0 Å². The van der Waals surface area contributed by atoms with Crippen LogP contribution in [0, 0.1) is 11.8 Å². The molecule has 0 atom stereocenters. The van der Waals surface area contributed by atoms with Gasteiger partial charge in [0.05, 0.1) is 25.0 Å². The van der Waals surface area contributed by atoms with Crippen LogP contribution in [0.25, 0.3) is 11.1 Å². The minimum Gasteiger partial charge on any atom is -0.465 e. The second-order valence-corrected chi connectivity index (χ2v) is 5.79. The summed E-state index contributed by atoms with van der Waals surface area (Å²) in [5, 5.41) is 0. The third-order valence-electron chi connectivity index (χ3n) is 3.73. The van der Waals surface area contributed by atoms with Crippen LogP contribution >= 0.6 is 0 Å². The van der Waals surface area contributed by atoms with Crippen LogP contribution in [0.5, 0.6) is 0 Å². The average molecular weight is 363 g/mol. The Morgan fingerprint density at radius 3 is 2.19 bits per heavy atom. The van der Waals surface area contributed by atoms with E-state index in [1.54, 1.807) is 20.8 Å². The van der Waals surface area contributed by atoms with Crippen molar-refractivity contribution in [3.05, 3.63) is 52.9 Å². The van der Waals surface area contributed by atoms with Crippen LogP contribution in [0.4, 0.5) is 8.78 Å². The third kappa shape index (κ3) is 3.71. The van der Waals surface area contributed by atoms with Gasteiger partial charge in [-0.2, -0.15) is 4.39 Å². The van der Waals surface area contributed by atoms with E-state index in [2.05, 4.69) is 4.98 Å². The van der Waals surface area contributed by atoms with Crippen molar-refractivity contribution in [1.82, 2.24) is 4.98 Å². The van der Waals surface area contributed by atoms with Crippen LogP contribution in [-0.4, -0.2) is 30.6 Å². The zero-order valence-corrected chi connectivity index (χ0v) is 14.9. The first-order valence-corrected chi connectivity index (χ1v) is 8.06. The average Bonchev–Trinajstić information content (AvgIpc) is 2.60. The highest BCUT2D eigenvalue weighted by atomic mass is 19.1. The van der Waals surface area contributed by atoms with Gasteiger partial charge in [0.2, 0.25) is 5.95 Å². The van der Waals surface area contributed by atoms with E-state index in [1.165, 1.54) is 19.2 Å². The number of rotatable bonds is 5. The summed E-state index contributed by atoms with van der Waals surface area (Å²) in [5.41, 5.74) is -0.131. The zero-order valence-electron chi connectivity index (χ0n) is 14.9. The van der Waals surface area contributed by atoms with Gasteiger partial charge in [0.1, 0.15) is 11.4 Å². The molecule has 0 aliphatic heterocycles. The summed E-state index contributed by atoms with van der Waals surface area (Å²) in [6.45, 7) is 5.05. The fourth-order valence-corrected chi connectivity index (χ4v) is 2.60. The summed E-state index contributed by atoms with van der Waals surface area (Å²) >= 11 is 0. The molecule has 0 radical (unpaired) electrons. The van der Waals surface area contributed by atoms with Crippen LogP contribution in [0.2, 0.25) is 0 Å². The van der Waals surface area contributed by atoms with Gasteiger partial charge in [-0.05, 0) is 30.5 Å². The van der Waals surface area contributed by atoms with Gasteiger partial charge in [0.25, 0.3) is 0 Å². The Labute approximate surface area is 150 Å². The Balaban J connectivity index is 2.94. The molecule has 0 spiro atoms. The van der Waals surface area contributed by atoms with E-state index in [0.29, 0.717) is 0 Å². The van der Waals surface area contributed by atoms with Crippen LogP contribution in [0.15, 0.2) is 24.3 Å². The summed E-state index contributed by atoms with van der Waals surface area (Å²) in [5.74, 6) is -3.62. The summed E-state index contributed by atoms with van der Waals surface area (Å²) in [4.78, 5) is 28.6. The molecule has 7 heteroatoms. The van der Waals surface area contributed by atoms with Crippen molar-refractivity contribution >= 4 is 11.9 Å². The normalized spacial score (nSPS) is 10.7. The molecule has 1 aromatic heterocycles. The minimum absolute atomic E-state index is 0.0145. The number of hydrogen-bond acceptors (Lipinski definition) is 5. The Morgan fingerprint density at radius 1 is 1.08 bits per heavy atom. The number of hydrogen-bond donors (Lipinski definition) is 0. The molecule has 0 saturated heterocycles. The van der Waals surface area contributed by atoms with E-state index < -0.39 is 29.3 Å². The molecule has 2 rings (SSSR count). The van der Waals surface area contributed by atoms with E-state index in [0.717, 1.165) is 12.1 Å². The molecule has 5 nitrogen and oxygen atoms in total. The number of ether oxygens (including phenoxy) is 2. The number of aromatic nitrogens is 1. The summed E-state index contributed by atoms with van der Waals surface area (Å²) in [6, 6.07) is 5.00. The predicted octanol–water partition coefficient (Wildman–Crippen LogP) is 4.11. The topological polar surface area (TPSA) is 65.5 Å². The van der Waals surface area contributed by atoms with E-state index in [-0.39, 0.29) is 34.9 Å². The summed E-state index contributed by atoms with van der Waals surface area (Å²) in [7, 11) is 1.17. The standard InChI is InChI=1S/C19H19F2NO4/c1-5-26-19(24)15-13(11-6-8-12(20)9-7-11)14(18(23)25-4)16(10(2)3)22-17(15)21/h6-10H,5H2,1-4H3. The quantitative estimate of drug-likeness (QED) is 0.591. The molecule has 0 saturated carbocycles. The Bertz CT molecular complexity index is 832. The van der Waals surface area contributed by atoms with Crippen molar-refractivity contribution in [3.63, 3.8) is 0 Å². The van der Waals surface area contributed by atoms with E-state index in [9.17, 15) is 18.4 Å². The monoisotopic (exact) mass is 363 g/mol. The maximum Gasteiger partial charge on any atom is 0.343 e. The molecule has 0 amide bonds. The molecule has 0 N–H and O–H groups in total. The van der Waals surface area contributed by atoms with Crippen molar-refractivity contribution in [2.75, 3.05) is 13.7 Å². The van der Waals surface area contributed by atoms with Crippen LogP contribution in [0.3, 0.4) is 0 Å². The van der Waals surface area contributed by atoms with Crippen molar-refractivity contribution in [3.8, 4) is 11.1 Å². The number of methoxy groups -OCH3 is 1. The molecule has 1 heterocycles. The van der Waals surface area contributed by atoms with Gasteiger partial charge in [-0.3, -0.25) is 0 Å². The number of carbonyl (C=O) groups is 2. The Kier molecular flexibility index (Phi) is 6.02. The summed E-state index contributed by atoms with van der Waals surface area (Å²) < 4.78 is 37.8. The summed E-state index contributed by atoms with van der Waals surface area (Å²) in [6.07, 6.45) is 0. The maximum absolute atomic E-state index is 14.7. The van der Waals surface area contributed by atoms with Gasteiger partial charge < -0.3 is 9.47 Å². The lowest BCUT2D eigenvalue weighted by Gasteiger charge is -2.18. The second-order valence-electron chi connectivity index (χ2n) is 5.79. The molecule has 0 bridgehead atoms. The first-order valence-electron chi connectivity index (χ1n) is 8.06. The van der Waals surface area contributed by atoms with Crippen molar-refractivity contribution in [2.45, 2.75) is 26.7 Å². The molecular formula is C19H19F2NO4. The van der Waals surface area contributed by atoms with Gasteiger partial charge in [0.15, 0.2) is 0 Å². The van der Waals surface area contributed by atoms with Crippen LogP contribution in [0.1, 0.15) is 53.1 Å². The molecule has 2 aromatic rings. The first kappa shape index (κ1) is 19.5. The van der Waals surface area contributed by atoms with Gasteiger partial charge >= 0.3 is 11.9 Å². The predicted molar refractivity (Wildman–Crippen MR) is 91.0 cm³/mol. The highest BCUT2D eigenvalue weighted by molar-refractivity contribution is 6.06. The molecule has 0 fully saturated rings. The van der Waals surface area contributed by atoms with Gasteiger partial charge in [-0.1, -0.05) is 26.0 Å². The molecular weight excluding hydrogens is 344 g/mol. The van der Waals surface area contributed by atoms with Crippen molar-refractivity contribution < 1.29 is 27.8 Å². The number of esters is 2. The smallest absolute Gasteiger partial charge is 0.343 e. The number of pyridine rings is 1. The SMILES string of the molecule is CCOC(=O)c1c(F)nc(C(C)C)c(C(=O)OC)c1-c1ccc(F)cc1. The molecule has 138 valence electrons. The fraction of sp³-hybridized carbons (Fsp3) is 0.316. The highest BCUT2D eigenvalue weighted by Crippen LogP contribution is 2.34. The molecule has 0 aliphatic rings. The second kappa shape index (κ2) is 8.03. The lowest BCUT2D eigenvalue weighted by molar-refractivity contribution is 0.0520. The van der Waals surface area contributed by atoms with Gasteiger partial charge in [-0.15, -0.1) is 0 Å². The third-order valence-corrected chi connectivity index (χ3v) is 3.73. The number of nitrogens with zero attached hydrogens (tertiary/aromatic N) is 1. The van der Waals surface area contributed by atoms with Gasteiger partial charge in [-0.25, -0.2) is 19.0 Å². The Morgan fingerprint density at radius 2 is 1.69 bits per heavy atom. The fourth-order valence-electron chi connectivity index (χ4n) is 2.60. The first-order chi connectivity index (χ1) is 12.3. The minimum atomic E-state index is -1.06. The molecule has 1 aromatic carbocycles. The van der Waals surface area contributed by atoms with E-state index in [1.807, 2.05) is 0 Å². The molecule has 0 aliphatic carbocycles. The van der Waals surface area contributed by atoms with Crippen molar-refractivity contribution in [2.24, 2.45) is 0 Å². The number of halogens is 2. The van der Waals surface area contributed by atoms with Gasteiger partial charge in [0, 0.05) is 5.56 Å².